The second kappa shape index (κ2) is 8.72. The number of anilines is 2. The number of benzene rings is 1. The van der Waals surface area contributed by atoms with Crippen molar-refractivity contribution >= 4 is 25.1 Å². The van der Waals surface area contributed by atoms with Crippen LogP contribution in [-0.2, 0) is 20.6 Å². The van der Waals surface area contributed by atoms with Gasteiger partial charge in [-0.3, -0.25) is 23.6 Å². The number of carbonyl (C=O) groups is 1. The van der Waals surface area contributed by atoms with Crippen molar-refractivity contribution < 1.29 is 28.1 Å². The number of nitrogens with zero attached hydrogens (tertiary/aromatic N) is 3. The first kappa shape index (κ1) is 23.1. The highest BCUT2D eigenvalue weighted by Crippen LogP contribution is 2.38. The number of halogens is 1. The molecular formula is C22H23FN3O6P. The summed E-state index contributed by atoms with van der Waals surface area (Å²) < 4.78 is 30.4. The average Bonchev–Trinajstić information content (AvgIpc) is 2.74. The summed E-state index contributed by atoms with van der Waals surface area (Å²) in [6.45, 7) is 2.80. The molecule has 1 amide bonds. The first-order valence-electron chi connectivity index (χ1n) is 10.2. The van der Waals surface area contributed by atoms with Crippen LogP contribution in [0.25, 0.3) is 0 Å². The number of fused-ring (bicyclic) bond motifs is 1. The van der Waals surface area contributed by atoms with Crippen LogP contribution in [0.15, 0.2) is 58.5 Å². The molecule has 1 aromatic carbocycles. The predicted octanol–water partition coefficient (Wildman–Crippen LogP) is 3.09. The number of hydrogen-bond acceptors (Lipinski definition) is 5. The van der Waals surface area contributed by atoms with Crippen molar-refractivity contribution in [3.05, 3.63) is 81.2 Å². The molecule has 2 N–H and O–H groups in total. The van der Waals surface area contributed by atoms with E-state index < -0.39 is 20.1 Å². The smallest absolute Gasteiger partial charge is 0.322 e. The van der Waals surface area contributed by atoms with Crippen molar-refractivity contribution in [2.24, 2.45) is 0 Å². The summed E-state index contributed by atoms with van der Waals surface area (Å²) in [5.41, 5.74) is 2.86. The van der Waals surface area contributed by atoms with Gasteiger partial charge in [0.2, 0.25) is 0 Å². The summed E-state index contributed by atoms with van der Waals surface area (Å²) in [5, 5.41) is 0. The lowest BCUT2D eigenvalue weighted by Gasteiger charge is -2.42. The summed E-state index contributed by atoms with van der Waals surface area (Å²) in [6.07, 6.45) is 5.31. The number of carbonyl (C=O) groups excluding carboxylic acids is 1. The van der Waals surface area contributed by atoms with Crippen molar-refractivity contribution in [3.8, 4) is 0 Å². The monoisotopic (exact) mass is 475 g/mol. The molecule has 2 heterocycles. The molecule has 0 spiro atoms. The summed E-state index contributed by atoms with van der Waals surface area (Å²) >= 11 is 0. The van der Waals surface area contributed by atoms with Crippen LogP contribution in [0.5, 0.6) is 0 Å². The van der Waals surface area contributed by atoms with Gasteiger partial charge in [0.25, 0.3) is 11.5 Å². The highest BCUT2D eigenvalue weighted by Gasteiger charge is 2.36. The quantitative estimate of drug-likeness (QED) is 0.639. The molecule has 174 valence electrons. The second-order valence-electron chi connectivity index (χ2n) is 7.84. The number of allylic oxidation sites excluding steroid dienone is 2. The molecule has 9 nitrogen and oxygen atoms in total. The van der Waals surface area contributed by atoms with Crippen LogP contribution in [0.1, 0.15) is 24.1 Å². The Balaban J connectivity index is 1.79. The predicted molar refractivity (Wildman–Crippen MR) is 120 cm³/mol. The minimum Gasteiger partial charge on any atom is -0.322 e. The van der Waals surface area contributed by atoms with E-state index in [1.54, 1.807) is 19.9 Å². The molecule has 4 rings (SSSR count). The molecule has 2 aliphatic rings. The third kappa shape index (κ3) is 4.56. The van der Waals surface area contributed by atoms with E-state index in [4.69, 9.17) is 9.79 Å². The lowest BCUT2D eigenvalue weighted by molar-refractivity contribution is -0.115. The van der Waals surface area contributed by atoms with E-state index in [2.05, 4.69) is 4.52 Å². The molecule has 1 saturated heterocycles. The van der Waals surface area contributed by atoms with E-state index in [1.807, 2.05) is 17.1 Å². The maximum absolute atomic E-state index is 13.7. The zero-order valence-electron chi connectivity index (χ0n) is 18.1. The van der Waals surface area contributed by atoms with Crippen molar-refractivity contribution in [3.63, 3.8) is 0 Å². The lowest BCUT2D eigenvalue weighted by atomic mass is 9.97. The van der Waals surface area contributed by atoms with Crippen LogP contribution in [-0.4, -0.2) is 26.9 Å². The van der Waals surface area contributed by atoms with Gasteiger partial charge in [-0.15, -0.1) is 0 Å². The number of phosphoric ester groups is 1. The minimum absolute atomic E-state index is 0.104. The van der Waals surface area contributed by atoms with E-state index in [0.717, 1.165) is 22.4 Å². The van der Waals surface area contributed by atoms with Gasteiger partial charge in [0.05, 0.1) is 17.0 Å². The Labute approximate surface area is 189 Å². The van der Waals surface area contributed by atoms with E-state index in [-0.39, 0.29) is 18.4 Å². The molecule has 1 fully saturated rings. The molecular weight excluding hydrogens is 452 g/mol. The van der Waals surface area contributed by atoms with Crippen LogP contribution in [0, 0.1) is 19.7 Å². The molecule has 1 aromatic heterocycles. The van der Waals surface area contributed by atoms with E-state index >= 15 is 0 Å². The van der Waals surface area contributed by atoms with Gasteiger partial charge in [-0.05, 0) is 56.5 Å². The summed E-state index contributed by atoms with van der Waals surface area (Å²) in [6, 6.07) is 7.16. The summed E-state index contributed by atoms with van der Waals surface area (Å²) in [7, 11) is -4.81. The van der Waals surface area contributed by atoms with Crippen molar-refractivity contribution in [2.75, 3.05) is 16.5 Å². The molecule has 0 atom stereocenters. The number of hydrogen-bond donors (Lipinski definition) is 2. The highest BCUT2D eigenvalue weighted by molar-refractivity contribution is 7.46. The Morgan fingerprint density at radius 2 is 1.73 bits per heavy atom. The second-order valence-corrected chi connectivity index (χ2v) is 9.08. The fourth-order valence-corrected chi connectivity index (χ4v) is 4.36. The lowest BCUT2D eigenvalue weighted by Crippen LogP contribution is -2.50. The SMILES string of the molecule is Cc1cc(F)ccc1N1CN(c2ccc(=O)n(COP(=O)(O)O)c2C)C(=O)C2=CCCC=C21. The van der Waals surface area contributed by atoms with Gasteiger partial charge >= 0.3 is 7.82 Å². The normalized spacial score (nSPS) is 16.5. The third-order valence-electron chi connectivity index (χ3n) is 5.70. The van der Waals surface area contributed by atoms with E-state index in [1.165, 1.54) is 29.2 Å². The number of phosphoric acid groups is 1. The third-order valence-corrected chi connectivity index (χ3v) is 6.15. The highest BCUT2D eigenvalue weighted by atomic mass is 31.2. The maximum Gasteiger partial charge on any atom is 0.471 e. The Morgan fingerprint density at radius 3 is 2.42 bits per heavy atom. The van der Waals surface area contributed by atoms with Crippen LogP contribution in [0.4, 0.5) is 15.8 Å². The number of aryl methyl sites for hydroxylation is 1. The van der Waals surface area contributed by atoms with Gasteiger partial charge in [0.15, 0.2) is 0 Å². The number of amides is 1. The molecule has 1 aliphatic heterocycles. The van der Waals surface area contributed by atoms with E-state index in [0.29, 0.717) is 28.9 Å². The van der Waals surface area contributed by atoms with Crippen molar-refractivity contribution in [1.82, 2.24) is 4.57 Å². The average molecular weight is 475 g/mol. The van der Waals surface area contributed by atoms with Crippen LogP contribution >= 0.6 is 7.82 Å². The fourth-order valence-electron chi connectivity index (χ4n) is 4.10. The van der Waals surface area contributed by atoms with Gasteiger partial charge in [0, 0.05) is 17.4 Å². The van der Waals surface area contributed by atoms with Gasteiger partial charge in [-0.2, -0.15) is 0 Å². The summed E-state index contributed by atoms with van der Waals surface area (Å²) in [4.78, 5) is 47.2. The number of rotatable bonds is 5. The Bertz CT molecular complexity index is 1300. The zero-order chi connectivity index (χ0) is 23.9. The Hall–Kier alpha value is -3.04. The molecule has 0 bridgehead atoms. The first-order valence-corrected chi connectivity index (χ1v) is 11.8. The van der Waals surface area contributed by atoms with E-state index in [9.17, 15) is 18.5 Å². The molecule has 11 heteroatoms. The van der Waals surface area contributed by atoms with Gasteiger partial charge in [-0.25, -0.2) is 8.96 Å². The largest absolute Gasteiger partial charge is 0.471 e. The first-order chi connectivity index (χ1) is 15.6. The molecule has 0 unspecified atom stereocenters. The minimum atomic E-state index is -4.81. The van der Waals surface area contributed by atoms with Gasteiger partial charge < -0.3 is 14.7 Å². The van der Waals surface area contributed by atoms with Crippen molar-refractivity contribution in [1.29, 1.82) is 0 Å². The Morgan fingerprint density at radius 1 is 1.03 bits per heavy atom. The van der Waals surface area contributed by atoms with Crippen LogP contribution < -0.4 is 15.4 Å². The molecule has 2 aromatic rings. The molecule has 0 radical (unpaired) electrons. The van der Waals surface area contributed by atoms with Gasteiger partial charge in [0.1, 0.15) is 19.2 Å². The molecule has 0 saturated carbocycles. The topological polar surface area (TPSA) is 112 Å². The number of pyridine rings is 1. The number of aromatic nitrogens is 1. The Kier molecular flexibility index (Phi) is 6.11. The van der Waals surface area contributed by atoms with Crippen LogP contribution in [0.3, 0.4) is 0 Å². The fraction of sp³-hybridized carbons (Fsp3) is 0.273. The summed E-state index contributed by atoms with van der Waals surface area (Å²) in [5.74, 6) is -0.622. The maximum atomic E-state index is 13.7. The van der Waals surface area contributed by atoms with Gasteiger partial charge in [-0.1, -0.05) is 12.2 Å². The van der Waals surface area contributed by atoms with Crippen molar-refractivity contribution in [2.45, 2.75) is 33.4 Å². The van der Waals surface area contributed by atoms with Crippen LogP contribution in [0.2, 0.25) is 0 Å². The molecule has 1 aliphatic carbocycles. The zero-order valence-corrected chi connectivity index (χ0v) is 19.0. The molecule has 33 heavy (non-hydrogen) atoms. The standard InChI is InChI=1S/C22H23FN3O6P/c1-14-11-16(23)7-8-18(14)24-12-25(22(28)17-5-3-4-6-20(17)24)19-9-10-21(27)26(15(19)2)13-32-33(29,30)31/h5-11H,3-4,12-13H2,1-2H3,(H2,29,30,31).